The van der Waals surface area contributed by atoms with Gasteiger partial charge in [0.1, 0.15) is 0 Å². The van der Waals surface area contributed by atoms with Gasteiger partial charge in [-0.2, -0.15) is 0 Å². The quantitative estimate of drug-likeness (QED) is 0.561. The molecule has 0 amide bonds. The van der Waals surface area contributed by atoms with Crippen molar-refractivity contribution >= 4 is 14.3 Å². The molecule has 0 aliphatic rings. The minimum atomic E-state index is -1.71. The fraction of sp³-hybridized carbons (Fsp3) is 0.923. The van der Waals surface area contributed by atoms with Gasteiger partial charge >= 0.3 is 5.97 Å². The van der Waals surface area contributed by atoms with Gasteiger partial charge in [-0.15, -0.1) is 0 Å². The van der Waals surface area contributed by atoms with Crippen molar-refractivity contribution in [3.63, 3.8) is 0 Å². The number of esters is 1. The molecular formula is C13H28O3Si. The smallest absolute Gasteiger partial charge is 0.308 e. The Balaban J connectivity index is 4.34. The maximum atomic E-state index is 11.4. The molecule has 0 saturated heterocycles. The Morgan fingerprint density at radius 2 is 1.71 bits per heavy atom. The zero-order valence-corrected chi connectivity index (χ0v) is 13.6. The minimum Gasteiger partial charge on any atom is -0.469 e. The van der Waals surface area contributed by atoms with Crippen LogP contribution in [-0.4, -0.2) is 28.0 Å². The predicted octanol–water partition coefficient (Wildman–Crippen LogP) is 3.45. The molecule has 2 atom stereocenters. The molecule has 0 spiro atoms. The minimum absolute atomic E-state index is 0.107. The highest BCUT2D eigenvalue weighted by molar-refractivity contribution is 6.74. The van der Waals surface area contributed by atoms with E-state index >= 15 is 0 Å². The average molecular weight is 260 g/mol. The van der Waals surface area contributed by atoms with Crippen LogP contribution in [0.2, 0.25) is 18.1 Å². The summed E-state index contributed by atoms with van der Waals surface area (Å²) in [4.78, 5) is 11.4. The molecule has 0 heterocycles. The maximum Gasteiger partial charge on any atom is 0.308 e. The summed E-state index contributed by atoms with van der Waals surface area (Å²) in [5.74, 6) is -0.0716. The summed E-state index contributed by atoms with van der Waals surface area (Å²) in [5.41, 5.74) is 0. The normalized spacial score (nSPS) is 16.5. The van der Waals surface area contributed by atoms with Gasteiger partial charge in [0.05, 0.1) is 13.0 Å². The van der Waals surface area contributed by atoms with Crippen molar-refractivity contribution in [2.75, 3.05) is 13.7 Å². The number of carbonyl (C=O) groups is 1. The van der Waals surface area contributed by atoms with Crippen LogP contribution in [-0.2, 0) is 14.0 Å². The molecule has 4 heteroatoms. The second-order valence-electron chi connectivity index (χ2n) is 6.36. The molecular weight excluding hydrogens is 232 g/mol. The van der Waals surface area contributed by atoms with Gasteiger partial charge in [-0.1, -0.05) is 34.6 Å². The zero-order valence-electron chi connectivity index (χ0n) is 12.6. The molecule has 0 aromatic rings. The summed E-state index contributed by atoms with van der Waals surface area (Å²) in [7, 11) is -0.280. The number of carbonyl (C=O) groups excluding carboxylic acids is 1. The summed E-state index contributed by atoms with van der Waals surface area (Å²) < 4.78 is 10.9. The van der Waals surface area contributed by atoms with Crippen LogP contribution in [0.3, 0.4) is 0 Å². The van der Waals surface area contributed by atoms with Crippen LogP contribution in [0.1, 0.15) is 34.6 Å². The van der Waals surface area contributed by atoms with Crippen molar-refractivity contribution in [3.05, 3.63) is 0 Å². The van der Waals surface area contributed by atoms with Crippen molar-refractivity contribution in [3.8, 4) is 0 Å². The van der Waals surface area contributed by atoms with Gasteiger partial charge in [0.15, 0.2) is 8.32 Å². The monoisotopic (exact) mass is 260 g/mol. The van der Waals surface area contributed by atoms with Crippen molar-refractivity contribution in [1.29, 1.82) is 0 Å². The van der Waals surface area contributed by atoms with Crippen molar-refractivity contribution < 1.29 is 14.0 Å². The lowest BCUT2D eigenvalue weighted by Gasteiger charge is -2.37. The molecule has 17 heavy (non-hydrogen) atoms. The summed E-state index contributed by atoms with van der Waals surface area (Å²) in [6.07, 6.45) is 0. The number of ether oxygens (including phenoxy) is 1. The third-order valence-corrected chi connectivity index (χ3v) is 8.44. The summed E-state index contributed by atoms with van der Waals surface area (Å²) in [5, 5.41) is 0.210. The Kier molecular flexibility index (Phi) is 5.88. The molecule has 0 saturated carbocycles. The number of rotatable bonds is 5. The largest absolute Gasteiger partial charge is 0.469 e. The summed E-state index contributed by atoms with van der Waals surface area (Å²) in [6.45, 7) is 15.7. The molecule has 102 valence electrons. The molecule has 3 nitrogen and oxygen atoms in total. The van der Waals surface area contributed by atoms with Crippen LogP contribution in [0.5, 0.6) is 0 Å². The van der Waals surface area contributed by atoms with E-state index < -0.39 is 8.32 Å². The lowest BCUT2D eigenvalue weighted by atomic mass is 9.97. The van der Waals surface area contributed by atoms with E-state index in [1.165, 1.54) is 7.11 Å². The number of hydrogen-bond acceptors (Lipinski definition) is 3. The van der Waals surface area contributed by atoms with Gasteiger partial charge in [0.25, 0.3) is 0 Å². The summed E-state index contributed by atoms with van der Waals surface area (Å²) >= 11 is 0. The first-order chi connectivity index (χ1) is 7.53. The van der Waals surface area contributed by atoms with Gasteiger partial charge in [-0.3, -0.25) is 4.79 Å². The standard InChI is InChI=1S/C13H28O3Si/c1-10(11(2)12(14)15-6)9-16-17(7,8)13(3,4)5/h10-11H,9H2,1-8H3. The summed E-state index contributed by atoms with van der Waals surface area (Å²) in [6, 6.07) is 0. The van der Waals surface area contributed by atoms with Gasteiger partial charge in [0, 0.05) is 6.61 Å². The van der Waals surface area contributed by atoms with E-state index in [2.05, 4.69) is 33.9 Å². The second-order valence-corrected chi connectivity index (χ2v) is 11.2. The molecule has 0 N–H and O–H groups in total. The van der Waals surface area contributed by atoms with Crippen LogP contribution in [0, 0.1) is 11.8 Å². The highest BCUT2D eigenvalue weighted by Crippen LogP contribution is 2.37. The van der Waals surface area contributed by atoms with Gasteiger partial charge in [-0.05, 0) is 24.1 Å². The molecule has 2 unspecified atom stereocenters. The Bertz CT molecular complexity index is 256. The first-order valence-corrected chi connectivity index (χ1v) is 9.15. The van der Waals surface area contributed by atoms with Gasteiger partial charge in [0.2, 0.25) is 0 Å². The molecule has 0 rings (SSSR count). The van der Waals surface area contributed by atoms with Crippen LogP contribution in [0.4, 0.5) is 0 Å². The molecule has 0 aliphatic carbocycles. The third kappa shape index (κ3) is 4.80. The molecule has 0 fully saturated rings. The molecule has 0 radical (unpaired) electrons. The lowest BCUT2D eigenvalue weighted by Crippen LogP contribution is -2.42. The Morgan fingerprint density at radius 1 is 1.24 bits per heavy atom. The van der Waals surface area contributed by atoms with Crippen molar-refractivity contribution in [1.82, 2.24) is 0 Å². The first kappa shape index (κ1) is 16.6. The topological polar surface area (TPSA) is 35.5 Å². The fourth-order valence-corrected chi connectivity index (χ4v) is 2.23. The molecule has 0 aliphatic heterocycles. The van der Waals surface area contributed by atoms with E-state index in [1.807, 2.05) is 13.8 Å². The Labute approximate surface area is 107 Å². The lowest BCUT2D eigenvalue weighted by molar-refractivity contribution is -0.146. The first-order valence-electron chi connectivity index (χ1n) is 6.24. The highest BCUT2D eigenvalue weighted by atomic mass is 28.4. The van der Waals surface area contributed by atoms with E-state index in [0.717, 1.165) is 0 Å². The van der Waals surface area contributed by atoms with E-state index in [1.54, 1.807) is 0 Å². The highest BCUT2D eigenvalue weighted by Gasteiger charge is 2.37. The molecule has 0 aromatic heterocycles. The van der Waals surface area contributed by atoms with E-state index in [-0.39, 0.29) is 22.8 Å². The van der Waals surface area contributed by atoms with Gasteiger partial charge < -0.3 is 9.16 Å². The third-order valence-electron chi connectivity index (χ3n) is 3.94. The predicted molar refractivity (Wildman–Crippen MR) is 73.5 cm³/mol. The second kappa shape index (κ2) is 6.00. The van der Waals surface area contributed by atoms with E-state index in [0.29, 0.717) is 6.61 Å². The Hall–Kier alpha value is -0.353. The molecule has 0 aromatic carbocycles. The Morgan fingerprint density at radius 3 is 2.06 bits per heavy atom. The van der Waals surface area contributed by atoms with Crippen molar-refractivity contribution in [2.24, 2.45) is 11.8 Å². The van der Waals surface area contributed by atoms with Crippen LogP contribution in [0.15, 0.2) is 0 Å². The van der Waals surface area contributed by atoms with Crippen LogP contribution >= 0.6 is 0 Å². The fourth-order valence-electron chi connectivity index (χ4n) is 1.12. The van der Waals surface area contributed by atoms with Crippen molar-refractivity contribution in [2.45, 2.75) is 52.8 Å². The maximum absolute atomic E-state index is 11.4. The van der Waals surface area contributed by atoms with Crippen LogP contribution in [0.25, 0.3) is 0 Å². The van der Waals surface area contributed by atoms with Crippen LogP contribution < -0.4 is 0 Å². The molecule has 0 bridgehead atoms. The number of methoxy groups -OCH3 is 1. The van der Waals surface area contributed by atoms with Gasteiger partial charge in [-0.25, -0.2) is 0 Å². The van der Waals surface area contributed by atoms with E-state index in [4.69, 9.17) is 9.16 Å². The SMILES string of the molecule is COC(=O)C(C)C(C)CO[Si](C)(C)C(C)(C)C. The average Bonchev–Trinajstić information content (AvgIpc) is 2.22. The zero-order chi connectivity index (χ0) is 13.9. The number of hydrogen-bond donors (Lipinski definition) is 0. The van der Waals surface area contributed by atoms with E-state index in [9.17, 15) is 4.79 Å².